The van der Waals surface area contributed by atoms with Crippen molar-refractivity contribution in [1.29, 1.82) is 0 Å². The molecule has 0 saturated heterocycles. The minimum atomic E-state index is -0.00560. The summed E-state index contributed by atoms with van der Waals surface area (Å²) in [5.41, 5.74) is 15.5. The Hall–Kier alpha value is -6.26. The molecule has 4 unspecified atom stereocenters. The van der Waals surface area contributed by atoms with Crippen molar-refractivity contribution in [2.45, 2.75) is 56.5 Å². The normalized spacial score (nSPS) is 23.5. The molecule has 56 heavy (non-hydrogen) atoms. The number of anilines is 1. The van der Waals surface area contributed by atoms with Gasteiger partial charge in [0.2, 0.25) is 0 Å². The lowest BCUT2D eigenvalue weighted by molar-refractivity contribution is 0.693. The van der Waals surface area contributed by atoms with Crippen LogP contribution >= 0.6 is 0 Å². The number of amidine groups is 1. The number of allylic oxidation sites excluding steroid dienone is 9. The number of nitrogens with zero attached hydrogens (tertiary/aromatic N) is 4. The van der Waals surface area contributed by atoms with Crippen molar-refractivity contribution in [2.24, 2.45) is 15.9 Å². The van der Waals surface area contributed by atoms with E-state index in [0.717, 1.165) is 44.4 Å². The van der Waals surface area contributed by atoms with Gasteiger partial charge in [-0.1, -0.05) is 152 Å². The number of rotatable bonds is 6. The molecule has 0 amide bonds. The molecular weight excluding hydrogens is 681 g/mol. The highest BCUT2D eigenvalue weighted by Gasteiger charge is 2.39. The Kier molecular flexibility index (Phi) is 8.16. The van der Waals surface area contributed by atoms with Crippen molar-refractivity contribution in [3.8, 4) is 11.1 Å². The Morgan fingerprint density at radius 1 is 0.696 bits per heavy atom. The molecule has 11 rings (SSSR count). The van der Waals surface area contributed by atoms with Gasteiger partial charge in [0.05, 0.1) is 17.6 Å². The van der Waals surface area contributed by atoms with E-state index >= 15 is 0 Å². The van der Waals surface area contributed by atoms with Crippen LogP contribution in [-0.4, -0.2) is 22.2 Å². The van der Waals surface area contributed by atoms with Gasteiger partial charge in [0.15, 0.2) is 5.84 Å². The second-order valence-corrected chi connectivity index (χ2v) is 15.8. The van der Waals surface area contributed by atoms with Gasteiger partial charge in [-0.15, -0.1) is 0 Å². The molecule has 0 spiro atoms. The Morgan fingerprint density at radius 3 is 2.39 bits per heavy atom. The predicted octanol–water partition coefficient (Wildman–Crippen LogP) is 12.4. The first-order valence-electron chi connectivity index (χ1n) is 20.4. The Bertz CT molecular complexity index is 2650. The molecular formula is C52H44N4. The topological polar surface area (TPSA) is 32.9 Å². The molecule has 0 N–H and O–H groups in total. The quantitative estimate of drug-likeness (QED) is 0.172. The van der Waals surface area contributed by atoms with Crippen molar-refractivity contribution in [3.63, 3.8) is 0 Å². The van der Waals surface area contributed by atoms with Crippen molar-refractivity contribution in [1.82, 2.24) is 4.57 Å². The van der Waals surface area contributed by atoms with E-state index in [1.54, 1.807) is 0 Å². The first-order valence-corrected chi connectivity index (χ1v) is 20.4. The summed E-state index contributed by atoms with van der Waals surface area (Å²) >= 11 is 0. The molecule has 0 radical (unpaired) electrons. The number of fused-ring (bicyclic) bond motifs is 6. The summed E-state index contributed by atoms with van der Waals surface area (Å²) in [6, 6.07) is 38.0. The number of aromatic nitrogens is 1. The van der Waals surface area contributed by atoms with Crippen molar-refractivity contribution in [2.75, 3.05) is 4.90 Å². The fourth-order valence-electron chi connectivity index (χ4n) is 9.88. The maximum Gasteiger partial charge on any atom is 0.150 e. The van der Waals surface area contributed by atoms with E-state index in [9.17, 15) is 0 Å². The summed E-state index contributed by atoms with van der Waals surface area (Å²) in [6.07, 6.45) is 31.3. The fraction of sp³-hybridized carbons (Fsp3) is 0.192. The van der Waals surface area contributed by atoms with Gasteiger partial charge >= 0.3 is 0 Å². The van der Waals surface area contributed by atoms with E-state index < -0.39 is 0 Å². The summed E-state index contributed by atoms with van der Waals surface area (Å²) in [5, 5.41) is 1.33. The molecule has 0 bridgehead atoms. The average Bonchev–Trinajstić information content (AvgIpc) is 3.80. The molecule has 0 fully saturated rings. The van der Waals surface area contributed by atoms with Gasteiger partial charge in [0, 0.05) is 57.7 Å². The van der Waals surface area contributed by atoms with Gasteiger partial charge in [0.25, 0.3) is 0 Å². The smallest absolute Gasteiger partial charge is 0.150 e. The third-order valence-electron chi connectivity index (χ3n) is 12.6. The van der Waals surface area contributed by atoms with E-state index in [1.807, 2.05) is 0 Å². The Morgan fingerprint density at radius 2 is 1.50 bits per heavy atom. The fourth-order valence-corrected chi connectivity index (χ4v) is 9.88. The van der Waals surface area contributed by atoms with Crippen LogP contribution in [-0.2, 0) is 6.42 Å². The van der Waals surface area contributed by atoms with Crippen LogP contribution in [0.2, 0.25) is 0 Å². The highest BCUT2D eigenvalue weighted by molar-refractivity contribution is 6.10. The molecule has 6 aliphatic rings. The molecule has 4 nitrogen and oxygen atoms in total. The van der Waals surface area contributed by atoms with Gasteiger partial charge in [-0.2, -0.15) is 0 Å². The SMILES string of the molecule is C1=CCCC(C2=NC(c3ccc(-c4ccccc4)cc3)CC(C3C=C(N4c5ccccc5C5C=CC=CC54)C=C(n4c5c(c6ccccc64)C=CCC5)C3)=N2)=C1. The van der Waals surface area contributed by atoms with Gasteiger partial charge < -0.3 is 9.47 Å². The van der Waals surface area contributed by atoms with E-state index in [0.29, 0.717) is 5.92 Å². The number of hydrogen-bond acceptors (Lipinski definition) is 3. The molecule has 272 valence electrons. The monoisotopic (exact) mass is 724 g/mol. The van der Waals surface area contributed by atoms with Gasteiger partial charge in [0.1, 0.15) is 0 Å². The summed E-state index contributed by atoms with van der Waals surface area (Å²) in [6.45, 7) is 0. The zero-order valence-electron chi connectivity index (χ0n) is 31.5. The standard InChI is InChI=1S/C52H44N4/c1-3-15-35(16-4-1)36-27-29-37(30-28-36)46-34-47(54-52(53-46)38-17-5-2-6-18-38)39-31-40(55-48-23-11-7-19-42(48)43-20-8-12-24-49(43)55)33-41(32-39)56-50-25-13-9-21-44(50)45-22-10-14-26-51(45)56/h1-5,7-13,15-17,19-25,27-31,33,39,42,46,48H,6,14,18,26,32,34H2. The number of aliphatic imine (C=N–C) groups is 2. The lowest BCUT2D eigenvalue weighted by Crippen LogP contribution is -2.34. The van der Waals surface area contributed by atoms with E-state index in [4.69, 9.17) is 9.98 Å². The number of hydrogen-bond donors (Lipinski definition) is 0. The van der Waals surface area contributed by atoms with Gasteiger partial charge in [-0.05, 0) is 78.1 Å². The zero-order valence-corrected chi connectivity index (χ0v) is 31.5. The lowest BCUT2D eigenvalue weighted by atomic mass is 9.85. The number of para-hydroxylation sites is 2. The highest BCUT2D eigenvalue weighted by Crippen LogP contribution is 2.48. The summed E-state index contributed by atoms with van der Waals surface area (Å²) in [7, 11) is 0. The maximum atomic E-state index is 5.55. The Balaban J connectivity index is 1.05. The predicted molar refractivity (Wildman–Crippen MR) is 234 cm³/mol. The first kappa shape index (κ1) is 33.1. The Labute approximate surface area is 329 Å². The zero-order chi connectivity index (χ0) is 37.0. The average molecular weight is 725 g/mol. The number of benzene rings is 4. The largest absolute Gasteiger partial charge is 0.334 e. The first-order chi connectivity index (χ1) is 27.8. The summed E-state index contributed by atoms with van der Waals surface area (Å²) < 4.78 is 2.61. The molecule has 4 aliphatic carbocycles. The second kappa shape index (κ2) is 13.8. The third kappa shape index (κ3) is 5.66. The summed E-state index contributed by atoms with van der Waals surface area (Å²) in [5.74, 6) is 1.33. The van der Waals surface area contributed by atoms with Crippen molar-refractivity contribution >= 4 is 39.9 Å². The molecule has 4 atom stereocenters. The molecule has 4 heteroatoms. The maximum absolute atomic E-state index is 5.55. The van der Waals surface area contributed by atoms with Gasteiger partial charge in [-0.25, -0.2) is 4.99 Å². The van der Waals surface area contributed by atoms with Crippen molar-refractivity contribution < 1.29 is 0 Å². The molecule has 1 aromatic heterocycles. The molecule has 5 aromatic rings. The van der Waals surface area contributed by atoms with Crippen LogP contribution in [0.5, 0.6) is 0 Å². The lowest BCUT2D eigenvalue weighted by Gasteiger charge is -2.35. The van der Waals surface area contributed by atoms with Crippen molar-refractivity contribution in [3.05, 3.63) is 198 Å². The molecule has 4 aromatic carbocycles. The highest BCUT2D eigenvalue weighted by atomic mass is 15.2. The van der Waals surface area contributed by atoms with Crippen LogP contribution in [0.15, 0.2) is 185 Å². The van der Waals surface area contributed by atoms with Crippen LogP contribution in [0.25, 0.3) is 33.8 Å². The van der Waals surface area contributed by atoms with Crippen LogP contribution in [0.3, 0.4) is 0 Å². The van der Waals surface area contributed by atoms with Crippen LogP contribution < -0.4 is 4.90 Å². The van der Waals surface area contributed by atoms with Gasteiger partial charge in [-0.3, -0.25) is 4.99 Å². The minimum Gasteiger partial charge on any atom is -0.334 e. The van der Waals surface area contributed by atoms with Crippen LogP contribution in [0, 0.1) is 5.92 Å². The van der Waals surface area contributed by atoms with E-state index in [2.05, 4.69) is 179 Å². The third-order valence-corrected chi connectivity index (χ3v) is 12.6. The van der Waals surface area contributed by atoms with Crippen LogP contribution in [0.4, 0.5) is 5.69 Å². The summed E-state index contributed by atoms with van der Waals surface area (Å²) in [4.78, 5) is 13.6. The minimum absolute atomic E-state index is 0.00560. The molecule has 2 aliphatic heterocycles. The van der Waals surface area contributed by atoms with E-state index in [-0.39, 0.29) is 18.0 Å². The second-order valence-electron chi connectivity index (χ2n) is 15.8. The van der Waals surface area contributed by atoms with E-state index in [1.165, 1.54) is 72.8 Å². The van der Waals surface area contributed by atoms with Crippen LogP contribution in [0.1, 0.15) is 66.4 Å². The molecule has 3 heterocycles. The molecule has 0 saturated carbocycles.